The molecule has 33 heavy (non-hydrogen) atoms. The lowest BCUT2D eigenvalue weighted by atomic mass is 9.90. The van der Waals surface area contributed by atoms with Gasteiger partial charge in [0, 0.05) is 27.1 Å². The molecular weight excluding hydrogens is 491 g/mol. The first kappa shape index (κ1) is 27.4. The van der Waals surface area contributed by atoms with Crippen LogP contribution in [0.3, 0.4) is 0 Å². The van der Waals surface area contributed by atoms with Crippen LogP contribution in [0.2, 0.25) is 15.1 Å². The van der Waals surface area contributed by atoms with E-state index in [9.17, 15) is 19.8 Å². The molecule has 0 heterocycles. The van der Waals surface area contributed by atoms with E-state index in [-0.39, 0.29) is 6.42 Å². The number of carboxylic acids is 2. The zero-order valence-corrected chi connectivity index (χ0v) is 20.2. The second-order valence-electron chi connectivity index (χ2n) is 8.14. The van der Waals surface area contributed by atoms with E-state index < -0.39 is 36.5 Å². The summed E-state index contributed by atoms with van der Waals surface area (Å²) in [6.07, 6.45) is 1.68. The Kier molecular flexibility index (Phi) is 10.5. The van der Waals surface area contributed by atoms with Gasteiger partial charge in [0.2, 0.25) is 0 Å². The van der Waals surface area contributed by atoms with Gasteiger partial charge in [0.25, 0.3) is 0 Å². The van der Waals surface area contributed by atoms with Crippen molar-refractivity contribution in [2.75, 3.05) is 0 Å². The van der Waals surface area contributed by atoms with Crippen molar-refractivity contribution in [1.29, 1.82) is 0 Å². The normalized spacial score (nSPS) is 14.0. The average molecular weight is 518 g/mol. The highest BCUT2D eigenvalue weighted by Gasteiger charge is 2.40. The van der Waals surface area contributed by atoms with Crippen LogP contribution in [0.5, 0.6) is 0 Å². The molecule has 4 N–H and O–H groups in total. The molecule has 0 aromatic heterocycles. The summed E-state index contributed by atoms with van der Waals surface area (Å²) in [5, 5.41) is 39.7. The highest BCUT2D eigenvalue weighted by molar-refractivity contribution is 6.36. The van der Waals surface area contributed by atoms with E-state index in [1.807, 2.05) is 24.3 Å². The first-order valence-electron chi connectivity index (χ1n) is 10.6. The number of aliphatic carboxylic acids is 2. The Balaban J connectivity index is 1.85. The quantitative estimate of drug-likeness (QED) is 0.248. The number of benzene rings is 2. The fourth-order valence-corrected chi connectivity index (χ4v) is 4.43. The maximum absolute atomic E-state index is 11.2. The Morgan fingerprint density at radius 2 is 1.52 bits per heavy atom. The summed E-state index contributed by atoms with van der Waals surface area (Å²) in [6, 6.07) is 11.0. The highest BCUT2D eigenvalue weighted by atomic mass is 35.5. The number of halogens is 3. The van der Waals surface area contributed by atoms with Gasteiger partial charge in [-0.2, -0.15) is 0 Å². The number of rotatable bonds is 13. The van der Waals surface area contributed by atoms with Gasteiger partial charge in [-0.25, -0.2) is 4.79 Å². The molecule has 0 aliphatic heterocycles. The molecule has 2 rings (SSSR count). The summed E-state index contributed by atoms with van der Waals surface area (Å²) in [5.74, 6) is -3.09. The van der Waals surface area contributed by atoms with E-state index in [4.69, 9.17) is 45.0 Å². The zero-order valence-electron chi connectivity index (χ0n) is 17.9. The fourth-order valence-electron chi connectivity index (χ4n) is 3.75. The third-order valence-corrected chi connectivity index (χ3v) is 6.22. The monoisotopic (exact) mass is 516 g/mol. The minimum absolute atomic E-state index is 0.280. The van der Waals surface area contributed by atoms with E-state index in [2.05, 4.69) is 0 Å². The molecule has 0 amide bonds. The molecule has 0 bridgehead atoms. The molecule has 2 aromatic carbocycles. The summed E-state index contributed by atoms with van der Waals surface area (Å²) in [4.78, 5) is 22.0. The molecule has 0 aliphatic rings. The number of hydrogen-bond acceptors (Lipinski definition) is 4. The second-order valence-corrected chi connectivity index (χ2v) is 9.42. The van der Waals surface area contributed by atoms with E-state index >= 15 is 0 Å². The van der Waals surface area contributed by atoms with Crippen LogP contribution in [0.25, 0.3) is 11.1 Å². The number of carboxylic acid groups (broad SMARTS) is 2. The van der Waals surface area contributed by atoms with Gasteiger partial charge < -0.3 is 20.4 Å². The number of aryl methyl sites for hydroxylation is 1. The van der Waals surface area contributed by atoms with Crippen LogP contribution in [0.15, 0.2) is 36.4 Å². The molecule has 0 aliphatic carbocycles. The molecule has 0 saturated carbocycles. The van der Waals surface area contributed by atoms with Gasteiger partial charge in [0.05, 0.1) is 12.5 Å². The first-order chi connectivity index (χ1) is 15.5. The molecule has 9 heteroatoms. The molecule has 0 radical (unpaired) electrons. The van der Waals surface area contributed by atoms with E-state index in [0.29, 0.717) is 21.5 Å². The highest BCUT2D eigenvalue weighted by Crippen LogP contribution is 2.35. The first-order valence-corrected chi connectivity index (χ1v) is 11.7. The molecule has 2 atom stereocenters. The van der Waals surface area contributed by atoms with Crippen molar-refractivity contribution in [1.82, 2.24) is 0 Å². The molecule has 180 valence electrons. The molecule has 2 aromatic rings. The van der Waals surface area contributed by atoms with Gasteiger partial charge in [-0.05, 0) is 54.7 Å². The minimum Gasteiger partial charge on any atom is -0.481 e. The molecule has 0 fully saturated rings. The van der Waals surface area contributed by atoms with Crippen LogP contribution in [0, 0.1) is 0 Å². The second kappa shape index (κ2) is 12.6. The topological polar surface area (TPSA) is 115 Å². The average Bonchev–Trinajstić information content (AvgIpc) is 2.70. The minimum atomic E-state index is -2.47. The summed E-state index contributed by atoms with van der Waals surface area (Å²) in [7, 11) is 0. The van der Waals surface area contributed by atoms with E-state index in [1.54, 1.807) is 12.1 Å². The van der Waals surface area contributed by atoms with Gasteiger partial charge in [0.15, 0.2) is 5.60 Å². The third-order valence-electron chi connectivity index (χ3n) is 5.44. The molecule has 0 saturated heterocycles. The Labute approximate surface area is 207 Å². The lowest BCUT2D eigenvalue weighted by Crippen LogP contribution is -2.43. The van der Waals surface area contributed by atoms with Gasteiger partial charge in [0.1, 0.15) is 0 Å². The predicted molar refractivity (Wildman–Crippen MR) is 129 cm³/mol. The number of aliphatic hydroxyl groups is 2. The summed E-state index contributed by atoms with van der Waals surface area (Å²) < 4.78 is 0. The van der Waals surface area contributed by atoms with Gasteiger partial charge in [-0.1, -0.05) is 66.2 Å². The lowest BCUT2D eigenvalue weighted by molar-refractivity contribution is -0.168. The number of unbranched alkanes of at least 4 members (excludes halogenated alkanes) is 3. The zero-order chi connectivity index (χ0) is 24.6. The van der Waals surface area contributed by atoms with Gasteiger partial charge >= 0.3 is 11.9 Å². The Morgan fingerprint density at radius 3 is 2.15 bits per heavy atom. The molecule has 0 spiro atoms. The molecular formula is C24H27Cl3O6. The van der Waals surface area contributed by atoms with Crippen molar-refractivity contribution < 1.29 is 30.0 Å². The van der Waals surface area contributed by atoms with Gasteiger partial charge in [-0.3, -0.25) is 4.79 Å². The van der Waals surface area contributed by atoms with Crippen molar-refractivity contribution in [2.45, 2.75) is 63.1 Å². The summed E-state index contributed by atoms with van der Waals surface area (Å²) in [6.45, 7) is 0. The van der Waals surface area contributed by atoms with Crippen LogP contribution in [-0.2, 0) is 16.0 Å². The maximum atomic E-state index is 11.2. The SMILES string of the molecule is O=C(O)C[C@](O)(C[C@@H](O)CCCCCCc1ccc(Cl)cc1-c1ccc(Cl)cc1Cl)C(=O)O. The largest absolute Gasteiger partial charge is 0.481 e. The number of aliphatic hydroxyl groups excluding tert-OH is 1. The van der Waals surface area contributed by atoms with Crippen molar-refractivity contribution >= 4 is 46.7 Å². The Morgan fingerprint density at radius 1 is 0.879 bits per heavy atom. The van der Waals surface area contributed by atoms with Crippen molar-refractivity contribution in [3.63, 3.8) is 0 Å². The molecule has 6 nitrogen and oxygen atoms in total. The lowest BCUT2D eigenvalue weighted by Gasteiger charge is -2.24. The van der Waals surface area contributed by atoms with Crippen LogP contribution >= 0.6 is 34.8 Å². The van der Waals surface area contributed by atoms with Crippen molar-refractivity contribution in [3.8, 4) is 11.1 Å². The molecule has 0 unspecified atom stereocenters. The van der Waals surface area contributed by atoms with Crippen LogP contribution < -0.4 is 0 Å². The van der Waals surface area contributed by atoms with Gasteiger partial charge in [-0.15, -0.1) is 0 Å². The Hall–Kier alpha value is -1.83. The van der Waals surface area contributed by atoms with E-state index in [1.165, 1.54) is 0 Å². The third kappa shape index (κ3) is 8.47. The Bertz CT molecular complexity index is 981. The van der Waals surface area contributed by atoms with Crippen LogP contribution in [0.1, 0.15) is 50.5 Å². The summed E-state index contributed by atoms with van der Waals surface area (Å²) in [5.41, 5.74) is 0.433. The van der Waals surface area contributed by atoms with Crippen LogP contribution in [-0.4, -0.2) is 44.1 Å². The maximum Gasteiger partial charge on any atom is 0.336 e. The fraction of sp³-hybridized carbons (Fsp3) is 0.417. The van der Waals surface area contributed by atoms with Crippen molar-refractivity contribution in [3.05, 3.63) is 57.0 Å². The standard InChI is InChI=1S/C24H27Cl3O6/c25-16-8-7-15(20(11-16)19-10-9-17(26)12-21(19)27)5-3-1-2-4-6-18(28)13-24(33,23(31)32)14-22(29)30/h7-12,18,28,33H,1-6,13-14H2,(H,29,30)(H,31,32)/t18-,24+/m0/s1. The summed E-state index contributed by atoms with van der Waals surface area (Å²) >= 11 is 18.6. The van der Waals surface area contributed by atoms with Crippen molar-refractivity contribution in [2.24, 2.45) is 0 Å². The smallest absolute Gasteiger partial charge is 0.336 e. The van der Waals surface area contributed by atoms with E-state index in [0.717, 1.165) is 42.4 Å². The van der Waals surface area contributed by atoms with Crippen LogP contribution in [0.4, 0.5) is 0 Å². The number of carbonyl (C=O) groups is 2. The predicted octanol–water partition coefficient (Wildman–Crippen LogP) is 5.85. The number of hydrogen-bond donors (Lipinski definition) is 4.